The molecule has 1 aromatic rings. The molecule has 0 N–H and O–H groups in total. The number of amides is 1. The van der Waals surface area contributed by atoms with Gasteiger partial charge in [0.05, 0.1) is 10.5 Å². The summed E-state index contributed by atoms with van der Waals surface area (Å²) in [5, 5.41) is 0. The molecule has 1 atom stereocenters. The van der Waals surface area contributed by atoms with Crippen molar-refractivity contribution < 1.29 is 22.7 Å². The second kappa shape index (κ2) is 7.10. The van der Waals surface area contributed by atoms with Gasteiger partial charge in [0.2, 0.25) is 10.0 Å². The lowest BCUT2D eigenvalue weighted by atomic mass is 10.1. The van der Waals surface area contributed by atoms with Crippen molar-refractivity contribution >= 4 is 21.9 Å². The minimum atomic E-state index is -3.66. The molecule has 0 aliphatic carbocycles. The first-order chi connectivity index (χ1) is 10.5. The van der Waals surface area contributed by atoms with Crippen molar-refractivity contribution in [2.45, 2.75) is 24.8 Å². The van der Waals surface area contributed by atoms with Gasteiger partial charge in [-0.1, -0.05) is 6.07 Å². The highest BCUT2D eigenvalue weighted by atomic mass is 32.2. The molecule has 23 heavy (non-hydrogen) atoms. The molecule has 0 fully saturated rings. The van der Waals surface area contributed by atoms with E-state index in [1.165, 1.54) is 44.1 Å². The highest BCUT2D eigenvalue weighted by Gasteiger charge is 2.24. The van der Waals surface area contributed by atoms with E-state index in [2.05, 4.69) is 0 Å². The van der Waals surface area contributed by atoms with Gasteiger partial charge in [-0.3, -0.25) is 4.79 Å². The average Bonchev–Trinajstić information content (AvgIpc) is 2.45. The Balaban J connectivity index is 3.14. The van der Waals surface area contributed by atoms with Gasteiger partial charge in [0.15, 0.2) is 6.10 Å². The fourth-order valence-corrected chi connectivity index (χ4v) is 2.76. The minimum absolute atomic E-state index is 0.00774. The molecule has 8 heteroatoms. The van der Waals surface area contributed by atoms with Gasteiger partial charge in [-0.25, -0.2) is 17.5 Å². The number of likely N-dealkylation sites (N-methyl/N-ethyl adjacent to an activating group) is 1. The van der Waals surface area contributed by atoms with Gasteiger partial charge < -0.3 is 9.64 Å². The molecule has 128 valence electrons. The molecule has 0 bridgehead atoms. The summed E-state index contributed by atoms with van der Waals surface area (Å²) in [5.74, 6) is -1.09. The SMILES string of the molecule is Cc1ccc(S(=O)(=O)N(C)C)cc1C(=O)O[C@H](C)C(=O)N(C)C. The first kappa shape index (κ1) is 19.1. The average molecular weight is 342 g/mol. The van der Waals surface area contributed by atoms with E-state index >= 15 is 0 Å². The number of hydrogen-bond donors (Lipinski definition) is 0. The highest BCUT2D eigenvalue weighted by molar-refractivity contribution is 7.89. The van der Waals surface area contributed by atoms with Crippen molar-refractivity contribution in [2.75, 3.05) is 28.2 Å². The highest BCUT2D eigenvalue weighted by Crippen LogP contribution is 2.19. The summed E-state index contributed by atoms with van der Waals surface area (Å²) in [6.07, 6.45) is -0.953. The Morgan fingerprint density at radius 1 is 1.13 bits per heavy atom. The number of sulfonamides is 1. The van der Waals surface area contributed by atoms with Gasteiger partial charge >= 0.3 is 5.97 Å². The molecule has 1 aromatic carbocycles. The van der Waals surface area contributed by atoms with Crippen LogP contribution in [0.25, 0.3) is 0 Å². The molecular weight excluding hydrogens is 320 g/mol. The lowest BCUT2D eigenvalue weighted by Crippen LogP contribution is -2.35. The van der Waals surface area contributed by atoms with Crippen molar-refractivity contribution in [2.24, 2.45) is 0 Å². The van der Waals surface area contributed by atoms with E-state index in [4.69, 9.17) is 4.74 Å². The molecule has 1 rings (SSSR count). The predicted molar refractivity (Wildman–Crippen MR) is 85.6 cm³/mol. The van der Waals surface area contributed by atoms with Crippen LogP contribution in [0.5, 0.6) is 0 Å². The van der Waals surface area contributed by atoms with E-state index in [0.717, 1.165) is 4.31 Å². The second-order valence-corrected chi connectivity index (χ2v) is 7.70. The largest absolute Gasteiger partial charge is 0.449 e. The van der Waals surface area contributed by atoms with Crippen LogP contribution in [-0.2, 0) is 19.6 Å². The standard InChI is InChI=1S/C15H22N2O5S/c1-10-7-8-12(23(20,21)17(5)6)9-13(10)15(19)22-11(2)14(18)16(3)4/h7-9,11H,1-6H3/t11-/m1/s1. The van der Waals surface area contributed by atoms with E-state index in [0.29, 0.717) is 5.56 Å². The number of hydrogen-bond acceptors (Lipinski definition) is 5. The number of aryl methyl sites for hydroxylation is 1. The summed E-state index contributed by atoms with van der Waals surface area (Å²) < 4.78 is 30.5. The molecule has 1 amide bonds. The van der Waals surface area contributed by atoms with Crippen LogP contribution in [0.15, 0.2) is 23.1 Å². The number of esters is 1. The molecule has 0 saturated heterocycles. The maximum atomic E-state index is 12.3. The van der Waals surface area contributed by atoms with E-state index in [-0.39, 0.29) is 16.4 Å². The van der Waals surface area contributed by atoms with Crippen molar-refractivity contribution in [1.82, 2.24) is 9.21 Å². The third-order valence-corrected chi connectivity index (χ3v) is 5.09. The fourth-order valence-electron chi connectivity index (χ4n) is 1.83. The van der Waals surface area contributed by atoms with E-state index in [1.807, 2.05) is 0 Å². The Morgan fingerprint density at radius 3 is 2.17 bits per heavy atom. The molecule has 0 saturated carbocycles. The van der Waals surface area contributed by atoms with Crippen LogP contribution in [0.3, 0.4) is 0 Å². The van der Waals surface area contributed by atoms with Gasteiger partial charge in [-0.15, -0.1) is 0 Å². The Labute approximate surface area is 136 Å². The minimum Gasteiger partial charge on any atom is -0.449 e. The summed E-state index contributed by atoms with van der Waals surface area (Å²) in [6, 6.07) is 4.22. The van der Waals surface area contributed by atoms with Crippen molar-refractivity contribution in [3.63, 3.8) is 0 Å². The summed E-state index contributed by atoms with van der Waals surface area (Å²) >= 11 is 0. The lowest BCUT2D eigenvalue weighted by Gasteiger charge is -2.18. The number of nitrogens with zero attached hydrogens (tertiary/aromatic N) is 2. The predicted octanol–water partition coefficient (Wildman–Crippen LogP) is 0.879. The molecule has 0 spiro atoms. The van der Waals surface area contributed by atoms with Crippen molar-refractivity contribution in [3.05, 3.63) is 29.3 Å². The fraction of sp³-hybridized carbons (Fsp3) is 0.467. The topological polar surface area (TPSA) is 84.0 Å². The molecule has 0 aliphatic rings. The molecular formula is C15H22N2O5S. The Bertz CT molecular complexity index is 711. The van der Waals surface area contributed by atoms with Crippen LogP contribution < -0.4 is 0 Å². The summed E-state index contributed by atoms with van der Waals surface area (Å²) in [6.45, 7) is 3.14. The number of benzene rings is 1. The second-order valence-electron chi connectivity index (χ2n) is 5.54. The number of carbonyl (C=O) groups is 2. The monoisotopic (exact) mass is 342 g/mol. The number of carbonyl (C=O) groups excluding carboxylic acids is 2. The van der Waals surface area contributed by atoms with Gasteiger partial charge in [-0.2, -0.15) is 0 Å². The number of rotatable bonds is 5. The van der Waals surface area contributed by atoms with E-state index in [9.17, 15) is 18.0 Å². The van der Waals surface area contributed by atoms with Gasteiger partial charge in [-0.05, 0) is 31.5 Å². The molecule has 0 heterocycles. The molecule has 7 nitrogen and oxygen atoms in total. The maximum Gasteiger partial charge on any atom is 0.339 e. The Morgan fingerprint density at radius 2 is 1.70 bits per heavy atom. The zero-order valence-electron chi connectivity index (χ0n) is 14.2. The van der Waals surface area contributed by atoms with Gasteiger partial charge in [0, 0.05) is 28.2 Å². The summed E-state index contributed by atoms with van der Waals surface area (Å²) in [4.78, 5) is 25.3. The first-order valence-corrected chi connectivity index (χ1v) is 8.37. The Hall–Kier alpha value is -1.93. The normalized spacial score (nSPS) is 12.8. The Kier molecular flexibility index (Phi) is 5.90. The molecule has 0 aromatic heterocycles. The van der Waals surface area contributed by atoms with Crippen LogP contribution in [0.4, 0.5) is 0 Å². The van der Waals surface area contributed by atoms with Crippen LogP contribution >= 0.6 is 0 Å². The van der Waals surface area contributed by atoms with Gasteiger partial charge in [0.25, 0.3) is 5.91 Å². The van der Waals surface area contributed by atoms with E-state index < -0.39 is 22.1 Å². The molecule has 0 unspecified atom stereocenters. The third kappa shape index (κ3) is 4.29. The summed E-state index contributed by atoms with van der Waals surface area (Å²) in [5.41, 5.74) is 0.684. The van der Waals surface area contributed by atoms with Crippen LogP contribution in [0.1, 0.15) is 22.8 Å². The molecule has 0 radical (unpaired) electrons. The zero-order chi connectivity index (χ0) is 17.9. The van der Waals surface area contributed by atoms with Crippen molar-refractivity contribution in [3.8, 4) is 0 Å². The zero-order valence-corrected chi connectivity index (χ0v) is 15.0. The maximum absolute atomic E-state index is 12.3. The smallest absolute Gasteiger partial charge is 0.339 e. The van der Waals surface area contributed by atoms with Crippen LogP contribution in [0, 0.1) is 6.92 Å². The quantitative estimate of drug-likeness (QED) is 0.742. The number of ether oxygens (including phenoxy) is 1. The van der Waals surface area contributed by atoms with E-state index in [1.54, 1.807) is 21.0 Å². The lowest BCUT2D eigenvalue weighted by molar-refractivity contribution is -0.137. The van der Waals surface area contributed by atoms with Crippen LogP contribution in [-0.4, -0.2) is 63.8 Å². The van der Waals surface area contributed by atoms with Crippen LogP contribution in [0.2, 0.25) is 0 Å². The molecule has 0 aliphatic heterocycles. The third-order valence-electron chi connectivity index (χ3n) is 3.28. The van der Waals surface area contributed by atoms with Gasteiger partial charge in [0.1, 0.15) is 0 Å². The van der Waals surface area contributed by atoms with Crippen molar-refractivity contribution in [1.29, 1.82) is 0 Å². The summed E-state index contributed by atoms with van der Waals surface area (Å²) in [7, 11) is 2.27. The first-order valence-electron chi connectivity index (χ1n) is 6.93.